The van der Waals surface area contributed by atoms with Crippen molar-refractivity contribution in [2.45, 2.75) is 19.8 Å². The summed E-state index contributed by atoms with van der Waals surface area (Å²) in [5.74, 6) is 0.816. The van der Waals surface area contributed by atoms with E-state index in [1.807, 2.05) is 60.5 Å². The molecule has 0 bridgehead atoms. The fourth-order valence-corrected chi connectivity index (χ4v) is 3.24. The van der Waals surface area contributed by atoms with E-state index >= 15 is 0 Å². The number of para-hydroxylation sites is 1. The molecule has 2 aromatic carbocycles. The highest BCUT2D eigenvalue weighted by molar-refractivity contribution is 9.10. The Hall–Kier alpha value is -2.40. The first-order valence-electron chi connectivity index (χ1n) is 8.60. The second-order valence-electron chi connectivity index (χ2n) is 6.66. The quantitative estimate of drug-likeness (QED) is 0.627. The molecule has 0 fully saturated rings. The highest BCUT2D eigenvalue weighted by Gasteiger charge is 2.14. The van der Waals surface area contributed by atoms with E-state index in [0.29, 0.717) is 5.82 Å². The van der Waals surface area contributed by atoms with Gasteiger partial charge in [0, 0.05) is 22.6 Å². The highest BCUT2D eigenvalue weighted by Crippen LogP contribution is 2.28. The molecule has 0 aliphatic carbocycles. The van der Waals surface area contributed by atoms with E-state index in [2.05, 4.69) is 46.1 Å². The Kier molecular flexibility index (Phi) is 5.57. The van der Waals surface area contributed by atoms with Crippen molar-refractivity contribution in [3.63, 3.8) is 0 Å². The van der Waals surface area contributed by atoms with Crippen LogP contribution in [0.2, 0.25) is 0 Å². The summed E-state index contributed by atoms with van der Waals surface area (Å²) >= 11 is 3.50. The Morgan fingerprint density at radius 1 is 1.15 bits per heavy atom. The summed E-state index contributed by atoms with van der Waals surface area (Å²) in [6.07, 6.45) is 0. The molecule has 0 radical (unpaired) electrons. The highest BCUT2D eigenvalue weighted by atomic mass is 79.9. The normalized spacial score (nSPS) is 11.0. The van der Waals surface area contributed by atoms with Gasteiger partial charge in [0.1, 0.15) is 5.82 Å². The molecule has 0 saturated carbocycles. The van der Waals surface area contributed by atoms with Crippen LogP contribution in [0.3, 0.4) is 0 Å². The molecule has 5 heteroatoms. The predicted octanol–water partition coefficient (Wildman–Crippen LogP) is 5.20. The number of likely N-dealkylation sites (N-methyl/N-ethyl adjacent to an activating group) is 1. The topological polar surface area (TPSA) is 45.2 Å². The van der Waals surface area contributed by atoms with Crippen molar-refractivity contribution < 1.29 is 4.79 Å². The third-order valence-corrected chi connectivity index (χ3v) is 4.76. The van der Waals surface area contributed by atoms with Crippen molar-refractivity contribution in [2.75, 3.05) is 23.8 Å². The molecule has 0 saturated heterocycles. The number of nitrogens with one attached hydrogen (secondary N) is 1. The summed E-state index contributed by atoms with van der Waals surface area (Å²) in [7, 11) is 1.91. The number of amides is 1. The number of benzene rings is 2. The van der Waals surface area contributed by atoms with E-state index in [9.17, 15) is 4.79 Å². The molecule has 134 valence electrons. The number of fused-ring (bicyclic) bond motifs is 1. The van der Waals surface area contributed by atoms with Crippen LogP contribution in [0.4, 0.5) is 11.5 Å². The zero-order valence-electron chi connectivity index (χ0n) is 15.2. The minimum atomic E-state index is -0.0813. The lowest BCUT2D eigenvalue weighted by Gasteiger charge is -2.20. The lowest BCUT2D eigenvalue weighted by atomic mass is 10.0. The number of hydrogen-bond acceptors (Lipinski definition) is 3. The van der Waals surface area contributed by atoms with Crippen molar-refractivity contribution in [3.05, 3.63) is 64.6 Å². The summed E-state index contributed by atoms with van der Waals surface area (Å²) in [5, 5.41) is 4.05. The minimum absolute atomic E-state index is 0.0813. The number of nitrogens with zero attached hydrogens (tertiary/aromatic N) is 2. The maximum Gasteiger partial charge on any atom is 0.245 e. The number of pyridine rings is 1. The Balaban J connectivity index is 1.84. The van der Waals surface area contributed by atoms with Crippen molar-refractivity contribution in [3.8, 4) is 0 Å². The van der Waals surface area contributed by atoms with Gasteiger partial charge >= 0.3 is 0 Å². The molecule has 1 heterocycles. The molecular formula is C21H22BrN3O. The predicted molar refractivity (Wildman–Crippen MR) is 112 cm³/mol. The van der Waals surface area contributed by atoms with Crippen LogP contribution in [0, 0.1) is 0 Å². The first-order chi connectivity index (χ1) is 12.4. The van der Waals surface area contributed by atoms with Crippen LogP contribution in [-0.2, 0) is 4.79 Å². The first-order valence-corrected chi connectivity index (χ1v) is 9.39. The van der Waals surface area contributed by atoms with E-state index in [1.165, 1.54) is 0 Å². The van der Waals surface area contributed by atoms with Gasteiger partial charge in [0.25, 0.3) is 0 Å². The fourth-order valence-electron chi connectivity index (χ4n) is 2.86. The molecular weight excluding hydrogens is 390 g/mol. The molecule has 1 amide bonds. The maximum atomic E-state index is 12.6. The van der Waals surface area contributed by atoms with E-state index in [4.69, 9.17) is 0 Å². The van der Waals surface area contributed by atoms with E-state index in [0.717, 1.165) is 26.6 Å². The maximum absolute atomic E-state index is 12.6. The number of hydrogen-bond donors (Lipinski definition) is 1. The van der Waals surface area contributed by atoms with Crippen LogP contribution in [0.1, 0.15) is 25.3 Å². The lowest BCUT2D eigenvalue weighted by Crippen LogP contribution is -2.30. The monoisotopic (exact) mass is 411 g/mol. The van der Waals surface area contributed by atoms with Crippen LogP contribution in [0.25, 0.3) is 10.9 Å². The number of carbonyl (C=O) groups is 1. The minimum Gasteiger partial charge on any atom is -0.365 e. The summed E-state index contributed by atoms with van der Waals surface area (Å²) < 4.78 is 1.02. The Morgan fingerprint density at radius 2 is 1.88 bits per heavy atom. The van der Waals surface area contributed by atoms with Gasteiger partial charge in [-0.2, -0.15) is 0 Å². The molecule has 4 nitrogen and oxygen atoms in total. The summed E-state index contributed by atoms with van der Waals surface area (Å²) in [4.78, 5) is 19.2. The van der Waals surface area contributed by atoms with Crippen LogP contribution in [0.5, 0.6) is 0 Å². The second-order valence-corrected chi connectivity index (χ2v) is 7.57. The zero-order valence-corrected chi connectivity index (χ0v) is 16.7. The van der Waals surface area contributed by atoms with Gasteiger partial charge in [-0.3, -0.25) is 4.79 Å². The van der Waals surface area contributed by atoms with Crippen LogP contribution in [-0.4, -0.2) is 24.5 Å². The lowest BCUT2D eigenvalue weighted by molar-refractivity contribution is -0.114. The van der Waals surface area contributed by atoms with Gasteiger partial charge in [0.15, 0.2) is 0 Å². The molecule has 0 atom stereocenters. The third-order valence-electron chi connectivity index (χ3n) is 4.26. The van der Waals surface area contributed by atoms with Crippen LogP contribution >= 0.6 is 15.9 Å². The van der Waals surface area contributed by atoms with E-state index in [-0.39, 0.29) is 18.4 Å². The molecule has 1 aromatic heterocycles. The molecule has 3 aromatic rings. The molecule has 0 unspecified atom stereocenters. The number of halogens is 1. The van der Waals surface area contributed by atoms with Gasteiger partial charge < -0.3 is 10.2 Å². The van der Waals surface area contributed by atoms with Gasteiger partial charge in [0.05, 0.1) is 12.1 Å². The van der Waals surface area contributed by atoms with Crippen molar-refractivity contribution >= 4 is 44.2 Å². The van der Waals surface area contributed by atoms with Crippen molar-refractivity contribution in [1.82, 2.24) is 4.98 Å². The van der Waals surface area contributed by atoms with Gasteiger partial charge in [-0.15, -0.1) is 0 Å². The molecule has 26 heavy (non-hydrogen) atoms. The Morgan fingerprint density at radius 3 is 2.58 bits per heavy atom. The zero-order chi connectivity index (χ0) is 18.7. The van der Waals surface area contributed by atoms with Gasteiger partial charge in [0.2, 0.25) is 5.91 Å². The van der Waals surface area contributed by atoms with Crippen LogP contribution in [0.15, 0.2) is 59.1 Å². The number of carbonyl (C=O) groups excluding carboxylic acids is 1. The second kappa shape index (κ2) is 7.87. The Labute approximate surface area is 162 Å². The number of rotatable bonds is 5. The smallest absolute Gasteiger partial charge is 0.245 e. The molecule has 0 spiro atoms. The fraction of sp³-hybridized carbons (Fsp3) is 0.238. The number of aromatic nitrogens is 1. The number of anilines is 2. The van der Waals surface area contributed by atoms with E-state index in [1.54, 1.807) is 0 Å². The third kappa shape index (κ3) is 4.22. The summed E-state index contributed by atoms with van der Waals surface area (Å²) in [6.45, 7) is 4.47. The standard InChI is InChI=1S/C21H22BrN3O/c1-14(2)18-12-15-11-16(22)9-10-19(15)23-21(18)24-20(26)13-25(3)17-7-5-4-6-8-17/h4-12,14H,13H2,1-3H3,(H,23,24,26). The Bertz CT molecular complexity index is 925. The average molecular weight is 412 g/mol. The van der Waals surface area contributed by atoms with Gasteiger partial charge in [-0.25, -0.2) is 4.98 Å². The van der Waals surface area contributed by atoms with Crippen LogP contribution < -0.4 is 10.2 Å². The molecule has 1 N–H and O–H groups in total. The van der Waals surface area contributed by atoms with Gasteiger partial charge in [-0.05, 0) is 47.9 Å². The summed E-state index contributed by atoms with van der Waals surface area (Å²) in [6, 6.07) is 17.9. The SMILES string of the molecule is CC(C)c1cc2cc(Br)ccc2nc1NC(=O)CN(C)c1ccccc1. The van der Waals surface area contributed by atoms with Crippen molar-refractivity contribution in [2.24, 2.45) is 0 Å². The average Bonchev–Trinajstić information content (AvgIpc) is 2.61. The molecule has 3 rings (SSSR count). The largest absolute Gasteiger partial charge is 0.365 e. The van der Waals surface area contributed by atoms with E-state index < -0.39 is 0 Å². The van der Waals surface area contributed by atoms with Crippen molar-refractivity contribution in [1.29, 1.82) is 0 Å². The van der Waals surface area contributed by atoms with Gasteiger partial charge in [-0.1, -0.05) is 48.0 Å². The molecule has 0 aliphatic rings. The molecule has 0 aliphatic heterocycles. The summed E-state index contributed by atoms with van der Waals surface area (Å²) in [5.41, 5.74) is 2.90. The first kappa shape index (κ1) is 18.4.